The molecule has 2 amide bonds. The van der Waals surface area contributed by atoms with Crippen molar-refractivity contribution in [3.8, 4) is 0 Å². The van der Waals surface area contributed by atoms with Gasteiger partial charge in [0.05, 0.1) is 0 Å². The molecule has 0 radical (unpaired) electrons. The van der Waals surface area contributed by atoms with Gasteiger partial charge in [0.1, 0.15) is 11.6 Å². The van der Waals surface area contributed by atoms with Crippen LogP contribution in [0.4, 0.5) is 4.79 Å². The predicted octanol–water partition coefficient (Wildman–Crippen LogP) is 1.91. The molecule has 2 fully saturated rings. The highest BCUT2D eigenvalue weighted by molar-refractivity contribution is 5.86. The van der Waals surface area contributed by atoms with Crippen molar-refractivity contribution in [2.45, 2.75) is 58.1 Å². The molecule has 1 aliphatic carbocycles. The molecule has 0 aromatic heterocycles. The van der Waals surface area contributed by atoms with Gasteiger partial charge in [0.2, 0.25) is 5.91 Å². The average Bonchev–Trinajstić information content (AvgIpc) is 2.98. The van der Waals surface area contributed by atoms with Crippen LogP contribution in [0.15, 0.2) is 0 Å². The van der Waals surface area contributed by atoms with E-state index in [2.05, 4.69) is 5.32 Å². The second kappa shape index (κ2) is 5.39. The monoisotopic (exact) mass is 268 g/mol. The van der Waals surface area contributed by atoms with Crippen molar-refractivity contribution in [1.29, 1.82) is 0 Å². The lowest BCUT2D eigenvalue weighted by Gasteiger charge is -2.28. The van der Waals surface area contributed by atoms with Gasteiger partial charge in [-0.2, -0.15) is 0 Å². The van der Waals surface area contributed by atoms with Gasteiger partial charge in [-0.1, -0.05) is 0 Å². The third-order valence-electron chi connectivity index (χ3n) is 3.45. The number of amides is 2. The highest BCUT2D eigenvalue weighted by Gasteiger charge is 2.37. The Hall–Kier alpha value is -1.26. The second-order valence-corrected chi connectivity index (χ2v) is 6.52. The van der Waals surface area contributed by atoms with E-state index in [1.165, 1.54) is 12.8 Å². The van der Waals surface area contributed by atoms with Crippen molar-refractivity contribution in [2.75, 3.05) is 13.1 Å². The minimum Gasteiger partial charge on any atom is -0.444 e. The minimum absolute atomic E-state index is 0.0322. The highest BCUT2D eigenvalue weighted by atomic mass is 16.6. The van der Waals surface area contributed by atoms with Crippen LogP contribution < -0.4 is 5.32 Å². The molecule has 2 aliphatic rings. The van der Waals surface area contributed by atoms with Crippen LogP contribution in [0.3, 0.4) is 0 Å². The SMILES string of the molecule is CC(C)(C)OC(=O)N1CCCC1C(=O)NCC1CC1. The molecule has 2 rings (SSSR count). The number of hydrogen-bond donors (Lipinski definition) is 1. The summed E-state index contributed by atoms with van der Waals surface area (Å²) in [6.07, 6.45) is 3.63. The lowest BCUT2D eigenvalue weighted by molar-refractivity contribution is -0.125. The standard InChI is InChI=1S/C14H24N2O3/c1-14(2,3)19-13(18)16-8-4-5-11(16)12(17)15-9-10-6-7-10/h10-11H,4-9H2,1-3H3,(H,15,17). The molecular formula is C14H24N2O3. The lowest BCUT2D eigenvalue weighted by atomic mass is 10.2. The normalized spacial score (nSPS) is 23.3. The Morgan fingerprint density at radius 2 is 1.95 bits per heavy atom. The van der Waals surface area contributed by atoms with Crippen molar-refractivity contribution in [2.24, 2.45) is 5.92 Å². The summed E-state index contributed by atoms with van der Waals surface area (Å²) in [6, 6.07) is -0.353. The van der Waals surface area contributed by atoms with E-state index in [-0.39, 0.29) is 18.0 Å². The minimum atomic E-state index is -0.519. The molecule has 1 aliphatic heterocycles. The molecule has 19 heavy (non-hydrogen) atoms. The van der Waals surface area contributed by atoms with E-state index in [9.17, 15) is 9.59 Å². The van der Waals surface area contributed by atoms with Crippen LogP contribution in [0.5, 0.6) is 0 Å². The van der Waals surface area contributed by atoms with Crippen molar-refractivity contribution < 1.29 is 14.3 Å². The number of carbonyl (C=O) groups excluding carboxylic acids is 2. The van der Waals surface area contributed by atoms with Crippen LogP contribution in [0, 0.1) is 5.92 Å². The van der Waals surface area contributed by atoms with Crippen LogP contribution >= 0.6 is 0 Å². The molecule has 1 unspecified atom stereocenters. The van der Waals surface area contributed by atoms with Gasteiger partial charge >= 0.3 is 6.09 Å². The van der Waals surface area contributed by atoms with E-state index < -0.39 is 5.60 Å². The summed E-state index contributed by atoms with van der Waals surface area (Å²) in [5, 5.41) is 2.95. The van der Waals surface area contributed by atoms with Crippen LogP contribution in [0.1, 0.15) is 46.5 Å². The van der Waals surface area contributed by atoms with Crippen LogP contribution in [0.2, 0.25) is 0 Å². The smallest absolute Gasteiger partial charge is 0.410 e. The number of hydrogen-bond acceptors (Lipinski definition) is 3. The Morgan fingerprint density at radius 1 is 1.26 bits per heavy atom. The fraction of sp³-hybridized carbons (Fsp3) is 0.857. The van der Waals surface area contributed by atoms with Crippen LogP contribution in [-0.2, 0) is 9.53 Å². The molecule has 0 spiro atoms. The quantitative estimate of drug-likeness (QED) is 0.850. The van der Waals surface area contributed by atoms with E-state index in [1.54, 1.807) is 4.90 Å². The van der Waals surface area contributed by atoms with Gasteiger partial charge in [-0.05, 0) is 52.4 Å². The third kappa shape index (κ3) is 4.11. The number of likely N-dealkylation sites (tertiary alicyclic amines) is 1. The van der Waals surface area contributed by atoms with E-state index >= 15 is 0 Å². The summed E-state index contributed by atoms with van der Waals surface area (Å²) >= 11 is 0. The molecule has 1 saturated heterocycles. The summed E-state index contributed by atoms with van der Waals surface area (Å²) in [5.41, 5.74) is -0.519. The molecule has 1 heterocycles. The Labute approximate surface area is 114 Å². The molecule has 1 N–H and O–H groups in total. The van der Waals surface area contributed by atoms with Gasteiger partial charge in [-0.15, -0.1) is 0 Å². The Balaban J connectivity index is 1.87. The first-order chi connectivity index (χ1) is 8.87. The predicted molar refractivity (Wildman–Crippen MR) is 71.7 cm³/mol. The van der Waals surface area contributed by atoms with Gasteiger partial charge in [0, 0.05) is 13.1 Å². The first-order valence-corrected chi connectivity index (χ1v) is 7.14. The van der Waals surface area contributed by atoms with Gasteiger partial charge in [0.15, 0.2) is 0 Å². The average molecular weight is 268 g/mol. The lowest BCUT2D eigenvalue weighted by Crippen LogP contribution is -2.47. The summed E-state index contributed by atoms with van der Waals surface area (Å²) in [6.45, 7) is 6.86. The zero-order valence-corrected chi connectivity index (χ0v) is 12.1. The molecule has 5 nitrogen and oxygen atoms in total. The maximum absolute atomic E-state index is 12.1. The first-order valence-electron chi connectivity index (χ1n) is 7.14. The topological polar surface area (TPSA) is 58.6 Å². The summed E-state index contributed by atoms with van der Waals surface area (Å²) in [7, 11) is 0. The maximum atomic E-state index is 12.1. The first kappa shape index (κ1) is 14.2. The van der Waals surface area contributed by atoms with Crippen molar-refractivity contribution in [1.82, 2.24) is 10.2 Å². The number of nitrogens with zero attached hydrogens (tertiary/aromatic N) is 1. The molecule has 5 heteroatoms. The molecule has 0 aromatic rings. The zero-order valence-electron chi connectivity index (χ0n) is 12.1. The Kier molecular flexibility index (Phi) is 4.02. The number of rotatable bonds is 3. The largest absolute Gasteiger partial charge is 0.444 e. The number of nitrogens with one attached hydrogen (secondary N) is 1. The summed E-state index contributed by atoms with van der Waals surface area (Å²) in [5.74, 6) is 0.621. The van der Waals surface area contributed by atoms with Gasteiger partial charge in [0.25, 0.3) is 0 Å². The van der Waals surface area contributed by atoms with Crippen molar-refractivity contribution in [3.63, 3.8) is 0 Å². The third-order valence-corrected chi connectivity index (χ3v) is 3.45. The Bertz CT molecular complexity index is 358. The van der Waals surface area contributed by atoms with Crippen LogP contribution in [-0.4, -0.2) is 41.6 Å². The summed E-state index contributed by atoms with van der Waals surface area (Å²) < 4.78 is 5.35. The van der Waals surface area contributed by atoms with Gasteiger partial charge in [-0.3, -0.25) is 9.69 Å². The summed E-state index contributed by atoms with van der Waals surface area (Å²) in [4.78, 5) is 25.7. The number of ether oxygens (including phenoxy) is 1. The van der Waals surface area contributed by atoms with Crippen molar-refractivity contribution >= 4 is 12.0 Å². The maximum Gasteiger partial charge on any atom is 0.410 e. The fourth-order valence-corrected chi connectivity index (χ4v) is 2.26. The van der Waals surface area contributed by atoms with E-state index in [1.807, 2.05) is 20.8 Å². The van der Waals surface area contributed by atoms with Crippen LogP contribution in [0.25, 0.3) is 0 Å². The Morgan fingerprint density at radius 3 is 2.53 bits per heavy atom. The molecule has 1 saturated carbocycles. The molecule has 1 atom stereocenters. The van der Waals surface area contributed by atoms with E-state index in [0.29, 0.717) is 12.5 Å². The molecule has 0 bridgehead atoms. The molecule has 108 valence electrons. The van der Waals surface area contributed by atoms with Crippen molar-refractivity contribution in [3.05, 3.63) is 0 Å². The van der Waals surface area contributed by atoms with Gasteiger partial charge < -0.3 is 10.1 Å². The fourth-order valence-electron chi connectivity index (χ4n) is 2.26. The zero-order chi connectivity index (χ0) is 14.0. The van der Waals surface area contributed by atoms with E-state index in [4.69, 9.17) is 4.74 Å². The van der Waals surface area contributed by atoms with Gasteiger partial charge in [-0.25, -0.2) is 4.79 Å². The molecular weight excluding hydrogens is 244 g/mol. The second-order valence-electron chi connectivity index (χ2n) is 6.52. The highest BCUT2D eigenvalue weighted by Crippen LogP contribution is 2.28. The van der Waals surface area contributed by atoms with E-state index in [0.717, 1.165) is 19.4 Å². The molecule has 0 aromatic carbocycles. The number of carbonyl (C=O) groups is 2.